The van der Waals surface area contributed by atoms with Gasteiger partial charge in [-0.25, -0.2) is 14.2 Å². The molecule has 0 radical (unpaired) electrons. The van der Waals surface area contributed by atoms with Crippen LogP contribution in [-0.2, 0) is 11.3 Å². The third kappa shape index (κ3) is 7.48. The first-order valence-electron chi connectivity index (χ1n) is 9.88. The highest BCUT2D eigenvalue weighted by Gasteiger charge is 2.26. The number of guanidine groups is 1. The minimum absolute atomic E-state index is 0. The number of ether oxygens (including phenoxy) is 1. The largest absolute Gasteiger partial charge is 0.444 e. The number of halogens is 2. The van der Waals surface area contributed by atoms with E-state index in [-0.39, 0.29) is 35.9 Å². The Kier molecular flexibility index (Phi) is 9.64. The van der Waals surface area contributed by atoms with Gasteiger partial charge in [-0.1, -0.05) is 6.07 Å². The maximum atomic E-state index is 14.7. The van der Waals surface area contributed by atoms with Crippen LogP contribution in [0.4, 0.5) is 14.9 Å². The third-order valence-electron chi connectivity index (χ3n) is 4.49. The van der Waals surface area contributed by atoms with E-state index in [0.29, 0.717) is 38.4 Å². The van der Waals surface area contributed by atoms with E-state index in [1.165, 1.54) is 0 Å². The second kappa shape index (κ2) is 11.0. The molecule has 0 aliphatic carbocycles. The second-order valence-corrected chi connectivity index (χ2v) is 8.65. The van der Waals surface area contributed by atoms with Crippen LogP contribution in [0.2, 0.25) is 0 Å². The van der Waals surface area contributed by atoms with Gasteiger partial charge in [0.15, 0.2) is 5.96 Å². The molecule has 0 spiro atoms. The standard InChI is InChI=1S/C21H34FN5O2.HI/c1-21(2,3)29-20(28)27-12-10-26(11-13-27)18-9-8-16(14-17(18)22)15-23-19(24(4)5)25(6)7;/h8-9,14H,10-13,15H2,1-7H3;1H. The minimum atomic E-state index is -0.516. The Morgan fingerprint density at radius 3 is 2.13 bits per heavy atom. The predicted molar refractivity (Wildman–Crippen MR) is 130 cm³/mol. The van der Waals surface area contributed by atoms with Crippen LogP contribution >= 0.6 is 24.0 Å². The van der Waals surface area contributed by atoms with Gasteiger partial charge in [-0.05, 0) is 38.5 Å². The summed E-state index contributed by atoms with van der Waals surface area (Å²) < 4.78 is 20.2. The summed E-state index contributed by atoms with van der Waals surface area (Å²) in [7, 11) is 7.72. The lowest BCUT2D eigenvalue weighted by molar-refractivity contribution is 0.0240. The van der Waals surface area contributed by atoms with Crippen molar-refractivity contribution < 1.29 is 13.9 Å². The molecule has 1 aromatic carbocycles. The van der Waals surface area contributed by atoms with Crippen molar-refractivity contribution in [3.8, 4) is 0 Å². The molecule has 0 aromatic heterocycles. The summed E-state index contributed by atoms with van der Waals surface area (Å²) in [6, 6.07) is 5.25. The van der Waals surface area contributed by atoms with Crippen molar-refractivity contribution in [3.63, 3.8) is 0 Å². The highest BCUT2D eigenvalue weighted by molar-refractivity contribution is 14.0. The molecule has 1 amide bonds. The van der Waals surface area contributed by atoms with Gasteiger partial charge in [0.2, 0.25) is 0 Å². The molecule has 0 unspecified atom stereocenters. The molecular weight excluding hydrogens is 500 g/mol. The monoisotopic (exact) mass is 535 g/mol. The van der Waals surface area contributed by atoms with Crippen LogP contribution in [0.5, 0.6) is 0 Å². The lowest BCUT2D eigenvalue weighted by Crippen LogP contribution is -2.50. The highest BCUT2D eigenvalue weighted by atomic mass is 127. The average Bonchev–Trinajstić information content (AvgIpc) is 2.60. The number of nitrogens with zero attached hydrogens (tertiary/aromatic N) is 5. The summed E-state index contributed by atoms with van der Waals surface area (Å²) in [5.74, 6) is 0.562. The zero-order valence-corrected chi connectivity index (χ0v) is 21.4. The average molecular weight is 535 g/mol. The number of piperazine rings is 1. The summed E-state index contributed by atoms with van der Waals surface area (Å²) in [5, 5.41) is 0. The van der Waals surface area contributed by atoms with Crippen molar-refractivity contribution in [1.82, 2.24) is 14.7 Å². The Balaban J connectivity index is 0.00000450. The molecule has 7 nitrogen and oxygen atoms in total. The van der Waals surface area contributed by atoms with Crippen LogP contribution < -0.4 is 4.90 Å². The third-order valence-corrected chi connectivity index (χ3v) is 4.49. The number of hydrogen-bond donors (Lipinski definition) is 0. The number of anilines is 1. The second-order valence-electron chi connectivity index (χ2n) is 8.65. The van der Waals surface area contributed by atoms with Crippen LogP contribution in [0, 0.1) is 5.82 Å². The number of amides is 1. The molecule has 170 valence electrons. The molecule has 2 rings (SSSR count). The van der Waals surface area contributed by atoms with Gasteiger partial charge in [0.1, 0.15) is 11.4 Å². The quantitative estimate of drug-likeness (QED) is 0.337. The molecule has 0 bridgehead atoms. The molecule has 1 aliphatic heterocycles. The Labute approximate surface area is 196 Å². The summed E-state index contributed by atoms with van der Waals surface area (Å²) in [5.41, 5.74) is 0.861. The maximum Gasteiger partial charge on any atom is 0.410 e. The Hall–Kier alpha value is -1.78. The summed E-state index contributed by atoms with van der Waals surface area (Å²) >= 11 is 0. The van der Waals surface area contributed by atoms with Gasteiger partial charge in [-0.15, -0.1) is 24.0 Å². The fraction of sp³-hybridized carbons (Fsp3) is 0.619. The first kappa shape index (κ1) is 26.3. The lowest BCUT2D eigenvalue weighted by Gasteiger charge is -2.36. The highest BCUT2D eigenvalue weighted by Crippen LogP contribution is 2.23. The van der Waals surface area contributed by atoms with Crippen LogP contribution in [-0.4, -0.2) is 86.7 Å². The SMILES string of the molecule is CN(C)C(=NCc1ccc(N2CCN(C(=O)OC(C)(C)C)CC2)c(F)c1)N(C)C.I. The fourth-order valence-electron chi connectivity index (χ4n) is 3.21. The van der Waals surface area contributed by atoms with Gasteiger partial charge >= 0.3 is 6.09 Å². The van der Waals surface area contributed by atoms with Crippen molar-refractivity contribution in [3.05, 3.63) is 29.6 Å². The van der Waals surface area contributed by atoms with E-state index in [1.54, 1.807) is 17.0 Å². The number of benzene rings is 1. The zero-order chi connectivity index (χ0) is 21.8. The van der Waals surface area contributed by atoms with Gasteiger partial charge in [-0.2, -0.15) is 0 Å². The molecule has 0 atom stereocenters. The van der Waals surface area contributed by atoms with Crippen LogP contribution in [0.1, 0.15) is 26.3 Å². The van der Waals surface area contributed by atoms with Gasteiger partial charge in [0.25, 0.3) is 0 Å². The van der Waals surface area contributed by atoms with E-state index in [4.69, 9.17) is 4.74 Å². The molecule has 1 saturated heterocycles. The molecule has 9 heteroatoms. The van der Waals surface area contributed by atoms with Crippen LogP contribution in [0.25, 0.3) is 0 Å². The minimum Gasteiger partial charge on any atom is -0.444 e. The zero-order valence-electron chi connectivity index (χ0n) is 19.1. The van der Waals surface area contributed by atoms with E-state index < -0.39 is 5.60 Å². The summed E-state index contributed by atoms with van der Waals surface area (Å²) in [6.07, 6.45) is -0.316. The first-order chi connectivity index (χ1) is 13.5. The molecule has 1 heterocycles. The van der Waals surface area contributed by atoms with E-state index in [1.807, 2.05) is 69.7 Å². The van der Waals surface area contributed by atoms with Gasteiger partial charge in [0.05, 0.1) is 12.2 Å². The number of carbonyl (C=O) groups excluding carboxylic acids is 1. The molecule has 1 fully saturated rings. The molecule has 0 saturated carbocycles. The Morgan fingerprint density at radius 2 is 1.67 bits per heavy atom. The maximum absolute atomic E-state index is 14.7. The number of carbonyl (C=O) groups is 1. The van der Waals surface area contributed by atoms with Crippen molar-refractivity contribution >= 4 is 41.7 Å². The van der Waals surface area contributed by atoms with Crippen molar-refractivity contribution in [2.75, 3.05) is 59.3 Å². The van der Waals surface area contributed by atoms with E-state index in [2.05, 4.69) is 4.99 Å². The lowest BCUT2D eigenvalue weighted by atomic mass is 10.1. The molecular formula is C21H35FIN5O2. The summed E-state index contributed by atoms with van der Waals surface area (Å²) in [6.45, 7) is 8.12. The smallest absolute Gasteiger partial charge is 0.410 e. The Morgan fingerprint density at radius 1 is 1.10 bits per heavy atom. The van der Waals surface area contributed by atoms with Gasteiger partial charge in [0, 0.05) is 54.4 Å². The Bertz CT molecular complexity index is 731. The van der Waals surface area contributed by atoms with Crippen molar-refractivity contribution in [2.45, 2.75) is 32.9 Å². The number of hydrogen-bond acceptors (Lipinski definition) is 4. The number of rotatable bonds is 3. The number of aliphatic imine (C=N–C) groups is 1. The predicted octanol–water partition coefficient (Wildman–Crippen LogP) is 3.48. The van der Waals surface area contributed by atoms with Crippen molar-refractivity contribution in [2.24, 2.45) is 4.99 Å². The molecule has 1 aromatic rings. The van der Waals surface area contributed by atoms with E-state index >= 15 is 0 Å². The van der Waals surface area contributed by atoms with Gasteiger partial charge < -0.3 is 24.3 Å². The topological polar surface area (TPSA) is 51.6 Å². The summed E-state index contributed by atoms with van der Waals surface area (Å²) in [4.78, 5) is 24.2. The van der Waals surface area contributed by atoms with Crippen LogP contribution in [0.15, 0.2) is 23.2 Å². The molecule has 30 heavy (non-hydrogen) atoms. The molecule has 0 N–H and O–H groups in total. The van der Waals surface area contributed by atoms with Crippen molar-refractivity contribution in [1.29, 1.82) is 0 Å². The van der Waals surface area contributed by atoms with Crippen LogP contribution in [0.3, 0.4) is 0 Å². The first-order valence-corrected chi connectivity index (χ1v) is 9.88. The van der Waals surface area contributed by atoms with E-state index in [0.717, 1.165) is 11.5 Å². The van der Waals surface area contributed by atoms with E-state index in [9.17, 15) is 9.18 Å². The normalized spacial score (nSPS) is 14.0. The fourth-order valence-corrected chi connectivity index (χ4v) is 3.21. The van der Waals surface area contributed by atoms with Gasteiger partial charge in [-0.3, -0.25) is 0 Å². The molecule has 1 aliphatic rings.